The summed E-state index contributed by atoms with van der Waals surface area (Å²) in [6, 6.07) is 0. The van der Waals surface area contributed by atoms with Crippen molar-refractivity contribution in [3.63, 3.8) is 0 Å². The molecule has 0 aliphatic heterocycles. The summed E-state index contributed by atoms with van der Waals surface area (Å²) in [5.41, 5.74) is 0. The van der Waals surface area contributed by atoms with E-state index in [2.05, 4.69) is 5.32 Å². The standard InChI is InChI=1S/C15H25ClF3NO/c1-2-5-11(8-9-16)10-20-14(21)12-6-3-4-7-13(12)15(17,18)19/h11-13H,2-10H2,1H3,(H,20,21). The molecule has 2 nitrogen and oxygen atoms in total. The van der Waals surface area contributed by atoms with Gasteiger partial charge < -0.3 is 5.32 Å². The Hall–Kier alpha value is -0.450. The Kier molecular flexibility index (Phi) is 7.85. The predicted octanol–water partition coefficient (Wildman–Crippen LogP) is 4.52. The molecule has 21 heavy (non-hydrogen) atoms. The second-order valence-corrected chi connectivity index (χ2v) is 6.29. The van der Waals surface area contributed by atoms with Gasteiger partial charge in [-0.2, -0.15) is 13.2 Å². The number of carbonyl (C=O) groups is 1. The fourth-order valence-electron chi connectivity index (χ4n) is 3.12. The van der Waals surface area contributed by atoms with Crippen molar-refractivity contribution in [2.24, 2.45) is 17.8 Å². The van der Waals surface area contributed by atoms with Crippen molar-refractivity contribution in [3.8, 4) is 0 Å². The Balaban J connectivity index is 2.55. The molecule has 3 atom stereocenters. The first kappa shape index (κ1) is 18.6. The van der Waals surface area contributed by atoms with Crippen LogP contribution in [0.2, 0.25) is 0 Å². The Morgan fingerprint density at radius 1 is 1.29 bits per heavy atom. The van der Waals surface area contributed by atoms with Crippen molar-refractivity contribution >= 4 is 17.5 Å². The molecule has 1 N–H and O–H groups in total. The molecule has 0 heterocycles. The Bertz CT molecular complexity index is 317. The van der Waals surface area contributed by atoms with Gasteiger partial charge in [0.25, 0.3) is 0 Å². The molecule has 0 aromatic rings. The van der Waals surface area contributed by atoms with Crippen LogP contribution in [0, 0.1) is 17.8 Å². The largest absolute Gasteiger partial charge is 0.392 e. The first-order valence-electron chi connectivity index (χ1n) is 7.80. The highest BCUT2D eigenvalue weighted by Crippen LogP contribution is 2.41. The lowest BCUT2D eigenvalue weighted by atomic mass is 9.78. The van der Waals surface area contributed by atoms with Crippen LogP contribution in [0.25, 0.3) is 0 Å². The Labute approximate surface area is 129 Å². The predicted molar refractivity (Wildman–Crippen MR) is 78.2 cm³/mol. The van der Waals surface area contributed by atoms with Crippen molar-refractivity contribution < 1.29 is 18.0 Å². The summed E-state index contributed by atoms with van der Waals surface area (Å²) in [5, 5.41) is 2.73. The number of carbonyl (C=O) groups excluding carboxylic acids is 1. The monoisotopic (exact) mass is 327 g/mol. The highest BCUT2D eigenvalue weighted by Gasteiger charge is 2.47. The molecule has 1 fully saturated rings. The van der Waals surface area contributed by atoms with Gasteiger partial charge in [-0.15, -0.1) is 11.6 Å². The van der Waals surface area contributed by atoms with Crippen LogP contribution in [0.4, 0.5) is 13.2 Å². The normalized spacial score (nSPS) is 24.6. The molecule has 0 radical (unpaired) electrons. The number of nitrogens with one attached hydrogen (secondary N) is 1. The third-order valence-electron chi connectivity index (χ3n) is 4.30. The van der Waals surface area contributed by atoms with E-state index >= 15 is 0 Å². The minimum atomic E-state index is -4.28. The summed E-state index contributed by atoms with van der Waals surface area (Å²) in [7, 11) is 0. The van der Waals surface area contributed by atoms with Gasteiger partial charge in [0.2, 0.25) is 5.91 Å². The lowest BCUT2D eigenvalue weighted by molar-refractivity contribution is -0.198. The van der Waals surface area contributed by atoms with Crippen molar-refractivity contribution in [2.45, 2.75) is 58.0 Å². The molecule has 0 aromatic heterocycles. The van der Waals surface area contributed by atoms with E-state index in [0.717, 1.165) is 19.3 Å². The highest BCUT2D eigenvalue weighted by atomic mass is 35.5. The molecule has 0 bridgehead atoms. The second kappa shape index (κ2) is 8.86. The van der Waals surface area contributed by atoms with Gasteiger partial charge in [0.1, 0.15) is 0 Å². The van der Waals surface area contributed by atoms with Crippen LogP contribution in [0.15, 0.2) is 0 Å². The molecule has 1 aliphatic rings. The molecule has 0 spiro atoms. The molecule has 1 saturated carbocycles. The van der Waals surface area contributed by atoms with Crippen LogP contribution >= 0.6 is 11.6 Å². The third kappa shape index (κ3) is 6.05. The van der Waals surface area contributed by atoms with Crippen LogP contribution in [-0.2, 0) is 4.79 Å². The smallest absolute Gasteiger partial charge is 0.356 e. The number of amides is 1. The number of hydrogen-bond acceptors (Lipinski definition) is 1. The zero-order valence-electron chi connectivity index (χ0n) is 12.5. The maximum Gasteiger partial charge on any atom is 0.392 e. The lowest BCUT2D eigenvalue weighted by Gasteiger charge is -2.32. The molecule has 0 saturated heterocycles. The summed E-state index contributed by atoms with van der Waals surface area (Å²) in [6.45, 7) is 2.48. The maximum absolute atomic E-state index is 13.0. The topological polar surface area (TPSA) is 29.1 Å². The average molecular weight is 328 g/mol. The molecule has 1 amide bonds. The highest BCUT2D eigenvalue weighted by molar-refractivity contribution is 6.17. The molecular weight excluding hydrogens is 303 g/mol. The van der Waals surface area contributed by atoms with E-state index in [0.29, 0.717) is 31.7 Å². The van der Waals surface area contributed by atoms with E-state index in [1.54, 1.807) is 0 Å². The quantitative estimate of drug-likeness (QED) is 0.684. The van der Waals surface area contributed by atoms with Crippen LogP contribution in [-0.4, -0.2) is 24.5 Å². The van der Waals surface area contributed by atoms with Gasteiger partial charge in [0.05, 0.1) is 5.92 Å². The molecule has 1 aliphatic carbocycles. The van der Waals surface area contributed by atoms with E-state index in [-0.39, 0.29) is 12.3 Å². The fourth-order valence-corrected chi connectivity index (χ4v) is 3.43. The average Bonchev–Trinajstić information content (AvgIpc) is 2.44. The first-order valence-corrected chi connectivity index (χ1v) is 8.34. The van der Waals surface area contributed by atoms with Gasteiger partial charge in [-0.3, -0.25) is 4.79 Å². The number of hydrogen-bond donors (Lipinski definition) is 1. The van der Waals surface area contributed by atoms with Gasteiger partial charge in [0, 0.05) is 18.3 Å². The second-order valence-electron chi connectivity index (χ2n) is 5.92. The van der Waals surface area contributed by atoms with Crippen molar-refractivity contribution in [1.82, 2.24) is 5.32 Å². The van der Waals surface area contributed by atoms with E-state index in [1.807, 2.05) is 6.92 Å². The maximum atomic E-state index is 13.0. The third-order valence-corrected chi connectivity index (χ3v) is 4.52. The van der Waals surface area contributed by atoms with Crippen LogP contribution in [0.5, 0.6) is 0 Å². The van der Waals surface area contributed by atoms with E-state index in [1.165, 1.54) is 0 Å². The minimum Gasteiger partial charge on any atom is -0.356 e. The number of halogens is 4. The summed E-state index contributed by atoms with van der Waals surface area (Å²) >= 11 is 5.72. The lowest BCUT2D eigenvalue weighted by Crippen LogP contribution is -2.43. The van der Waals surface area contributed by atoms with E-state index in [9.17, 15) is 18.0 Å². The molecule has 124 valence electrons. The molecule has 0 aromatic carbocycles. The SMILES string of the molecule is CCCC(CCCl)CNC(=O)C1CCCCC1C(F)(F)F. The summed E-state index contributed by atoms with van der Waals surface area (Å²) in [6.07, 6.45) is 0.0752. The number of alkyl halides is 4. The Morgan fingerprint density at radius 3 is 2.52 bits per heavy atom. The van der Waals surface area contributed by atoms with Gasteiger partial charge in [0.15, 0.2) is 0 Å². The van der Waals surface area contributed by atoms with E-state index in [4.69, 9.17) is 11.6 Å². The zero-order valence-corrected chi connectivity index (χ0v) is 13.3. The van der Waals surface area contributed by atoms with Gasteiger partial charge in [-0.25, -0.2) is 0 Å². The zero-order chi connectivity index (χ0) is 15.9. The molecule has 3 unspecified atom stereocenters. The summed E-state index contributed by atoms with van der Waals surface area (Å²) < 4.78 is 39.0. The fraction of sp³-hybridized carbons (Fsp3) is 0.933. The molecular formula is C15H25ClF3NO. The van der Waals surface area contributed by atoms with Crippen LogP contribution in [0.1, 0.15) is 51.9 Å². The summed E-state index contributed by atoms with van der Waals surface area (Å²) in [5.74, 6) is -2.08. The first-order chi connectivity index (χ1) is 9.90. The molecule has 6 heteroatoms. The van der Waals surface area contributed by atoms with E-state index < -0.39 is 23.9 Å². The Morgan fingerprint density at radius 2 is 1.95 bits per heavy atom. The minimum absolute atomic E-state index is 0.0711. The van der Waals surface area contributed by atoms with Crippen LogP contribution in [0.3, 0.4) is 0 Å². The number of rotatable bonds is 7. The van der Waals surface area contributed by atoms with Gasteiger partial charge in [-0.1, -0.05) is 26.2 Å². The van der Waals surface area contributed by atoms with Crippen molar-refractivity contribution in [2.75, 3.05) is 12.4 Å². The van der Waals surface area contributed by atoms with Crippen molar-refractivity contribution in [1.29, 1.82) is 0 Å². The van der Waals surface area contributed by atoms with Crippen LogP contribution < -0.4 is 5.32 Å². The van der Waals surface area contributed by atoms with Crippen molar-refractivity contribution in [3.05, 3.63) is 0 Å². The van der Waals surface area contributed by atoms with Gasteiger partial charge in [-0.05, 0) is 31.6 Å². The molecule has 1 rings (SSSR count). The summed E-state index contributed by atoms with van der Waals surface area (Å²) in [4.78, 5) is 12.1. The van der Waals surface area contributed by atoms with Gasteiger partial charge >= 0.3 is 6.18 Å².